The third-order valence-electron chi connectivity index (χ3n) is 4.64. The van der Waals surface area contributed by atoms with Gasteiger partial charge < -0.3 is 14.2 Å². The Morgan fingerprint density at radius 2 is 1.63 bits per heavy atom. The van der Waals surface area contributed by atoms with E-state index in [1.54, 1.807) is 18.2 Å². The van der Waals surface area contributed by atoms with Gasteiger partial charge in [-0.15, -0.1) is 0 Å². The van der Waals surface area contributed by atoms with Crippen LogP contribution in [0.1, 0.15) is 22.3 Å². The van der Waals surface area contributed by atoms with Crippen molar-refractivity contribution in [3.8, 4) is 40.6 Å². The topological polar surface area (TPSA) is 115 Å². The van der Waals surface area contributed by atoms with E-state index in [0.717, 1.165) is 5.56 Å². The van der Waals surface area contributed by atoms with Gasteiger partial charge >= 0.3 is 5.88 Å². The summed E-state index contributed by atoms with van der Waals surface area (Å²) in [7, 11) is 2.95. The number of aryl methyl sites for hydroxylation is 1. The second kappa shape index (κ2) is 8.85. The Hall–Kier alpha value is -4.23. The van der Waals surface area contributed by atoms with Crippen molar-refractivity contribution in [1.29, 1.82) is 10.5 Å². The Kier molecular flexibility index (Phi) is 6.05. The highest BCUT2D eigenvalue weighted by molar-refractivity contribution is 5.82. The molecule has 7 nitrogen and oxygen atoms in total. The van der Waals surface area contributed by atoms with Crippen molar-refractivity contribution in [3.63, 3.8) is 0 Å². The van der Waals surface area contributed by atoms with Gasteiger partial charge in [0.25, 0.3) is 5.82 Å². The molecule has 0 radical (unpaired) electrons. The number of hydrogen-bond donors (Lipinski definition) is 1. The molecule has 150 valence electrons. The molecule has 2 aromatic carbocycles. The molecule has 0 aliphatic carbocycles. The Labute approximate surface area is 174 Å². The Morgan fingerprint density at radius 1 is 0.933 bits per heavy atom. The summed E-state index contributed by atoms with van der Waals surface area (Å²) in [5.41, 5.74) is 9.47. The van der Waals surface area contributed by atoms with E-state index in [1.807, 2.05) is 31.2 Å². The number of ether oxygens (including phenoxy) is 3. The van der Waals surface area contributed by atoms with Crippen LogP contribution in [0, 0.1) is 29.6 Å². The van der Waals surface area contributed by atoms with Crippen LogP contribution in [0.2, 0.25) is 0 Å². The number of benzene rings is 2. The van der Waals surface area contributed by atoms with Crippen LogP contribution < -0.4 is 24.9 Å². The molecular formula is C23H21N4O3+. The van der Waals surface area contributed by atoms with E-state index in [0.29, 0.717) is 29.2 Å². The number of methoxy groups -OCH3 is 2. The van der Waals surface area contributed by atoms with Crippen molar-refractivity contribution in [1.82, 2.24) is 0 Å². The number of aromatic nitrogens is 1. The number of hydrogen-bond acceptors (Lipinski definition) is 6. The Bertz CT molecular complexity index is 1160. The van der Waals surface area contributed by atoms with Crippen LogP contribution in [-0.2, 0) is 6.61 Å². The number of nitrogens with zero attached hydrogens (tertiary/aromatic N) is 2. The summed E-state index contributed by atoms with van der Waals surface area (Å²) in [5, 5.41) is 19.3. The van der Waals surface area contributed by atoms with E-state index in [-0.39, 0.29) is 22.8 Å². The number of nitrogens with one attached hydrogen (secondary N) is 1. The lowest BCUT2D eigenvalue weighted by Crippen LogP contribution is -2.18. The highest BCUT2D eigenvalue weighted by Crippen LogP contribution is 2.38. The number of anilines is 1. The molecule has 0 aliphatic heterocycles. The van der Waals surface area contributed by atoms with E-state index in [2.05, 4.69) is 17.1 Å². The molecule has 7 heteroatoms. The first-order valence-corrected chi connectivity index (χ1v) is 9.12. The highest BCUT2D eigenvalue weighted by Gasteiger charge is 2.25. The molecule has 0 saturated heterocycles. The minimum absolute atomic E-state index is 0.113. The number of pyridine rings is 1. The Morgan fingerprint density at radius 3 is 2.23 bits per heavy atom. The molecule has 0 fully saturated rings. The lowest BCUT2D eigenvalue weighted by atomic mass is 9.96. The highest BCUT2D eigenvalue weighted by atomic mass is 16.5. The molecule has 3 rings (SSSR count). The van der Waals surface area contributed by atoms with Gasteiger partial charge in [0.2, 0.25) is 0 Å². The summed E-state index contributed by atoms with van der Waals surface area (Å²) in [6.45, 7) is 2.41. The van der Waals surface area contributed by atoms with Gasteiger partial charge in [0.15, 0.2) is 17.1 Å². The summed E-state index contributed by atoms with van der Waals surface area (Å²) >= 11 is 0. The molecule has 0 amide bonds. The predicted molar refractivity (Wildman–Crippen MR) is 111 cm³/mol. The number of nitriles is 2. The van der Waals surface area contributed by atoms with Crippen LogP contribution >= 0.6 is 0 Å². The number of H-pyrrole nitrogens is 1. The first-order valence-electron chi connectivity index (χ1n) is 9.12. The average molecular weight is 401 g/mol. The lowest BCUT2D eigenvalue weighted by Gasteiger charge is -2.14. The maximum absolute atomic E-state index is 9.66. The molecule has 30 heavy (non-hydrogen) atoms. The zero-order valence-electron chi connectivity index (χ0n) is 16.9. The van der Waals surface area contributed by atoms with Crippen molar-refractivity contribution in [3.05, 3.63) is 64.7 Å². The third kappa shape index (κ3) is 3.96. The van der Waals surface area contributed by atoms with Crippen molar-refractivity contribution in [2.45, 2.75) is 13.5 Å². The first-order chi connectivity index (χ1) is 14.5. The zero-order chi connectivity index (χ0) is 21.7. The minimum atomic E-state index is 0.113. The Balaban J connectivity index is 2.03. The van der Waals surface area contributed by atoms with E-state index in [9.17, 15) is 10.5 Å². The van der Waals surface area contributed by atoms with Crippen LogP contribution in [0.3, 0.4) is 0 Å². The molecule has 1 heterocycles. The maximum Gasteiger partial charge on any atom is 0.300 e. The quantitative estimate of drug-likeness (QED) is 0.677. The molecular weight excluding hydrogens is 380 g/mol. The first kappa shape index (κ1) is 20.5. The van der Waals surface area contributed by atoms with E-state index in [1.165, 1.54) is 19.8 Å². The van der Waals surface area contributed by atoms with Gasteiger partial charge in [-0.05, 0) is 30.2 Å². The normalized spacial score (nSPS) is 10.0. The average Bonchev–Trinajstić information content (AvgIpc) is 2.77. The summed E-state index contributed by atoms with van der Waals surface area (Å²) in [4.78, 5) is 2.74. The summed E-state index contributed by atoms with van der Waals surface area (Å²) < 4.78 is 16.6. The van der Waals surface area contributed by atoms with Crippen molar-refractivity contribution in [2.75, 3.05) is 20.0 Å². The minimum Gasteiger partial charge on any atom is -0.493 e. The zero-order valence-corrected chi connectivity index (χ0v) is 16.9. The van der Waals surface area contributed by atoms with Crippen LogP contribution in [0.25, 0.3) is 11.1 Å². The van der Waals surface area contributed by atoms with Crippen molar-refractivity contribution < 1.29 is 19.2 Å². The van der Waals surface area contributed by atoms with Gasteiger partial charge in [0.05, 0.1) is 14.2 Å². The standard InChI is InChI=1S/C23H20N4O3/c1-14-4-6-15(7-5-14)13-30-19-9-8-16(10-20(19)28-2)21-17(11-24)22(26)27-23(29-3)18(21)12-25/h4-10H,13H2,1-3H3,(H2,26,27)/p+1. The molecule has 0 unspecified atom stereocenters. The van der Waals surface area contributed by atoms with Crippen molar-refractivity contribution in [2.24, 2.45) is 0 Å². The van der Waals surface area contributed by atoms with E-state index < -0.39 is 0 Å². The number of rotatable bonds is 6. The second-order valence-corrected chi connectivity index (χ2v) is 6.56. The maximum atomic E-state index is 9.66. The summed E-state index contributed by atoms with van der Waals surface area (Å²) in [6, 6.07) is 17.4. The van der Waals surface area contributed by atoms with Gasteiger partial charge in [-0.25, -0.2) is 4.98 Å². The second-order valence-electron chi connectivity index (χ2n) is 6.56. The van der Waals surface area contributed by atoms with E-state index >= 15 is 0 Å². The summed E-state index contributed by atoms with van der Waals surface area (Å²) in [5.74, 6) is 1.31. The molecule has 0 bridgehead atoms. The monoisotopic (exact) mass is 401 g/mol. The fourth-order valence-corrected chi connectivity index (χ4v) is 3.07. The molecule has 3 N–H and O–H groups in total. The fourth-order valence-electron chi connectivity index (χ4n) is 3.07. The largest absolute Gasteiger partial charge is 0.493 e. The molecule has 0 saturated carbocycles. The predicted octanol–water partition coefficient (Wildman–Crippen LogP) is 3.40. The van der Waals surface area contributed by atoms with Crippen LogP contribution in [-0.4, -0.2) is 14.2 Å². The van der Waals surface area contributed by atoms with Crippen LogP contribution in [0.15, 0.2) is 42.5 Å². The smallest absolute Gasteiger partial charge is 0.300 e. The number of nitrogen functional groups attached to an aromatic ring is 1. The fraction of sp³-hybridized carbons (Fsp3) is 0.174. The van der Waals surface area contributed by atoms with Crippen LogP contribution in [0.4, 0.5) is 5.82 Å². The van der Waals surface area contributed by atoms with Crippen molar-refractivity contribution >= 4 is 5.82 Å². The number of aromatic amines is 1. The van der Waals surface area contributed by atoms with Gasteiger partial charge in [0.1, 0.15) is 24.3 Å². The van der Waals surface area contributed by atoms with Crippen LogP contribution in [0.5, 0.6) is 17.4 Å². The summed E-state index contributed by atoms with van der Waals surface area (Å²) in [6.07, 6.45) is 0. The van der Waals surface area contributed by atoms with Gasteiger partial charge in [-0.2, -0.15) is 10.5 Å². The molecule has 3 aromatic rings. The lowest BCUT2D eigenvalue weighted by molar-refractivity contribution is -0.376. The molecule has 0 aliphatic rings. The van der Waals surface area contributed by atoms with Gasteiger partial charge in [-0.1, -0.05) is 35.9 Å². The third-order valence-corrected chi connectivity index (χ3v) is 4.64. The molecule has 0 atom stereocenters. The number of nitrogens with two attached hydrogens (primary N) is 1. The van der Waals surface area contributed by atoms with E-state index in [4.69, 9.17) is 19.9 Å². The SMILES string of the molecule is COc1cc(-c2c(C#N)c(N)[nH+]c(OC)c2C#N)ccc1OCc1ccc(C)cc1. The molecule has 1 aromatic heterocycles. The van der Waals surface area contributed by atoms with Gasteiger partial charge in [-0.3, -0.25) is 5.73 Å². The van der Waals surface area contributed by atoms with Gasteiger partial charge in [0, 0.05) is 5.56 Å². The molecule has 0 spiro atoms.